The maximum Gasteiger partial charge on any atom is 0.491 e. The van der Waals surface area contributed by atoms with Gasteiger partial charge in [-0.1, -0.05) is 18.2 Å². The fourth-order valence-electron chi connectivity index (χ4n) is 2.44. The van der Waals surface area contributed by atoms with Gasteiger partial charge >= 0.3 is 7.12 Å². The third-order valence-electron chi connectivity index (χ3n) is 4.53. The first-order valence-corrected chi connectivity index (χ1v) is 8.33. The predicted octanol–water partition coefficient (Wildman–Crippen LogP) is 2.29. The van der Waals surface area contributed by atoms with Gasteiger partial charge in [-0.15, -0.1) is 0 Å². The molecular formula is C18H28BNO4. The lowest BCUT2D eigenvalue weighted by molar-refractivity contribution is 0.00578. The molecule has 1 aliphatic rings. The van der Waals surface area contributed by atoms with Crippen LogP contribution in [-0.2, 0) is 9.31 Å². The molecule has 0 atom stereocenters. The van der Waals surface area contributed by atoms with Crippen LogP contribution in [-0.4, -0.2) is 50.2 Å². The summed E-state index contributed by atoms with van der Waals surface area (Å²) in [6, 6.07) is 7.74. The molecule has 24 heavy (non-hydrogen) atoms. The van der Waals surface area contributed by atoms with Crippen LogP contribution in [0, 0.1) is 0 Å². The Morgan fingerprint density at radius 1 is 1.17 bits per heavy atom. The number of rotatable bonds is 7. The zero-order valence-electron chi connectivity index (χ0n) is 15.3. The normalized spacial score (nSPS) is 19.6. The highest BCUT2D eigenvalue weighted by Crippen LogP contribution is 2.38. The molecule has 2 rings (SSSR count). The van der Waals surface area contributed by atoms with Crippen LogP contribution in [0.3, 0.4) is 0 Å². The lowest BCUT2D eigenvalue weighted by Crippen LogP contribution is -2.41. The van der Waals surface area contributed by atoms with Crippen LogP contribution in [0.1, 0.15) is 33.3 Å². The van der Waals surface area contributed by atoms with Crippen molar-refractivity contribution >= 4 is 13.2 Å². The van der Waals surface area contributed by atoms with Crippen molar-refractivity contribution in [2.75, 3.05) is 26.8 Å². The summed E-state index contributed by atoms with van der Waals surface area (Å²) in [5, 5.41) is 12.0. The number of aliphatic hydroxyl groups is 1. The second-order valence-electron chi connectivity index (χ2n) is 6.98. The lowest BCUT2D eigenvalue weighted by Gasteiger charge is -2.32. The average molecular weight is 333 g/mol. The highest BCUT2D eigenvalue weighted by molar-refractivity contribution is 6.55. The van der Waals surface area contributed by atoms with E-state index >= 15 is 0 Å². The van der Waals surface area contributed by atoms with Gasteiger partial charge in [0, 0.05) is 6.54 Å². The molecule has 1 aromatic carbocycles. The summed E-state index contributed by atoms with van der Waals surface area (Å²) in [6.45, 7) is 9.20. The van der Waals surface area contributed by atoms with E-state index in [1.807, 2.05) is 31.3 Å². The van der Waals surface area contributed by atoms with Crippen LogP contribution in [0.25, 0.3) is 6.08 Å². The molecule has 6 heteroatoms. The van der Waals surface area contributed by atoms with E-state index in [4.69, 9.17) is 19.2 Å². The van der Waals surface area contributed by atoms with E-state index in [1.54, 1.807) is 0 Å². The molecule has 0 radical (unpaired) electrons. The molecule has 0 aromatic heterocycles. The fraction of sp³-hybridized carbons (Fsp3) is 0.556. The molecule has 1 heterocycles. The Hall–Kier alpha value is -1.34. The van der Waals surface area contributed by atoms with Crippen LogP contribution in [0.2, 0.25) is 0 Å². The number of benzene rings is 1. The van der Waals surface area contributed by atoms with Crippen molar-refractivity contribution in [3.05, 3.63) is 35.3 Å². The number of ether oxygens (including phenoxy) is 1. The molecule has 0 saturated carbocycles. The number of hydrogen-bond donors (Lipinski definition) is 2. The standard InChI is InChI=1S/C18H28BNO4/c1-17(2)18(3,4)24-19(23-17)15(13-20-5)12-14-6-8-16(9-7-14)22-11-10-21/h6-9,12,20-21H,10-11,13H2,1-5H3. The molecule has 0 unspecified atom stereocenters. The number of hydrogen-bond acceptors (Lipinski definition) is 5. The van der Waals surface area contributed by atoms with Crippen molar-refractivity contribution in [3.63, 3.8) is 0 Å². The summed E-state index contributed by atoms with van der Waals surface area (Å²) in [7, 11) is 1.54. The minimum absolute atomic E-state index is 0.00982. The number of likely N-dealkylation sites (N-methyl/N-ethyl adjacent to an activating group) is 1. The summed E-state index contributed by atoms with van der Waals surface area (Å²) in [5.41, 5.74) is 1.38. The Balaban J connectivity index is 2.17. The molecule has 0 spiro atoms. The van der Waals surface area contributed by atoms with Gasteiger partial charge in [-0.25, -0.2) is 0 Å². The first kappa shape index (κ1) is 19.0. The average Bonchev–Trinajstić information content (AvgIpc) is 2.74. The minimum atomic E-state index is -0.368. The third-order valence-corrected chi connectivity index (χ3v) is 4.53. The summed E-state index contributed by atoms with van der Waals surface area (Å²) in [6.07, 6.45) is 2.08. The summed E-state index contributed by atoms with van der Waals surface area (Å²) in [5.74, 6) is 0.743. The number of aliphatic hydroxyl groups excluding tert-OH is 1. The Bertz CT molecular complexity index is 553. The van der Waals surface area contributed by atoms with E-state index < -0.39 is 0 Å². The van der Waals surface area contributed by atoms with Crippen molar-refractivity contribution in [2.24, 2.45) is 0 Å². The van der Waals surface area contributed by atoms with Crippen molar-refractivity contribution < 1.29 is 19.2 Å². The van der Waals surface area contributed by atoms with Crippen LogP contribution in [0.5, 0.6) is 5.75 Å². The SMILES string of the molecule is CNCC(=Cc1ccc(OCCO)cc1)B1OC(C)(C)C(C)(C)O1. The van der Waals surface area contributed by atoms with Crippen molar-refractivity contribution in [3.8, 4) is 5.75 Å². The Kier molecular flexibility index (Phi) is 6.09. The van der Waals surface area contributed by atoms with E-state index in [0.29, 0.717) is 13.2 Å². The minimum Gasteiger partial charge on any atom is -0.491 e. The molecule has 2 N–H and O–H groups in total. The molecule has 1 aliphatic heterocycles. The summed E-state index contributed by atoms with van der Waals surface area (Å²) in [4.78, 5) is 0. The molecule has 1 aromatic rings. The Morgan fingerprint density at radius 3 is 2.25 bits per heavy atom. The summed E-state index contributed by atoms with van der Waals surface area (Å²) < 4.78 is 17.7. The second-order valence-corrected chi connectivity index (χ2v) is 6.98. The molecule has 1 saturated heterocycles. The molecule has 0 amide bonds. The quantitative estimate of drug-likeness (QED) is 0.750. The van der Waals surface area contributed by atoms with E-state index in [9.17, 15) is 0 Å². The number of nitrogens with one attached hydrogen (secondary N) is 1. The van der Waals surface area contributed by atoms with Gasteiger partial charge in [0.2, 0.25) is 0 Å². The van der Waals surface area contributed by atoms with Crippen molar-refractivity contribution in [1.29, 1.82) is 0 Å². The predicted molar refractivity (Wildman–Crippen MR) is 97.0 cm³/mol. The van der Waals surface area contributed by atoms with Gasteiger partial charge in [0.05, 0.1) is 17.8 Å². The van der Waals surface area contributed by atoms with Gasteiger partial charge in [0.1, 0.15) is 12.4 Å². The lowest BCUT2D eigenvalue weighted by atomic mass is 9.77. The van der Waals surface area contributed by atoms with E-state index in [0.717, 1.165) is 16.8 Å². The van der Waals surface area contributed by atoms with E-state index in [2.05, 4.69) is 39.1 Å². The van der Waals surface area contributed by atoms with Gasteiger partial charge in [0.15, 0.2) is 0 Å². The second kappa shape index (κ2) is 7.70. The molecule has 5 nitrogen and oxygen atoms in total. The van der Waals surface area contributed by atoms with Gasteiger partial charge in [0.25, 0.3) is 0 Å². The van der Waals surface area contributed by atoms with Crippen LogP contribution < -0.4 is 10.1 Å². The first-order valence-electron chi connectivity index (χ1n) is 8.33. The summed E-state index contributed by atoms with van der Waals surface area (Å²) >= 11 is 0. The van der Waals surface area contributed by atoms with Crippen LogP contribution >= 0.6 is 0 Å². The van der Waals surface area contributed by atoms with Gasteiger partial charge in [-0.2, -0.15) is 0 Å². The third kappa shape index (κ3) is 4.39. The van der Waals surface area contributed by atoms with E-state index in [1.165, 1.54) is 0 Å². The molecule has 132 valence electrons. The monoisotopic (exact) mass is 333 g/mol. The van der Waals surface area contributed by atoms with Crippen molar-refractivity contribution in [1.82, 2.24) is 5.32 Å². The van der Waals surface area contributed by atoms with Crippen LogP contribution in [0.15, 0.2) is 29.7 Å². The van der Waals surface area contributed by atoms with Gasteiger partial charge in [-0.05, 0) is 57.9 Å². The maximum absolute atomic E-state index is 8.80. The largest absolute Gasteiger partial charge is 0.491 e. The zero-order chi connectivity index (χ0) is 17.8. The zero-order valence-corrected chi connectivity index (χ0v) is 15.3. The van der Waals surface area contributed by atoms with Crippen molar-refractivity contribution in [2.45, 2.75) is 38.9 Å². The highest BCUT2D eigenvalue weighted by atomic mass is 16.7. The molecule has 0 bridgehead atoms. The smallest absolute Gasteiger partial charge is 0.491 e. The van der Waals surface area contributed by atoms with Crippen LogP contribution in [0.4, 0.5) is 0 Å². The van der Waals surface area contributed by atoms with E-state index in [-0.39, 0.29) is 24.9 Å². The highest BCUT2D eigenvalue weighted by Gasteiger charge is 2.52. The maximum atomic E-state index is 8.80. The Morgan fingerprint density at radius 2 is 1.75 bits per heavy atom. The van der Waals surface area contributed by atoms with Gasteiger partial charge in [-0.3, -0.25) is 0 Å². The van der Waals surface area contributed by atoms with Gasteiger partial charge < -0.3 is 24.5 Å². The Labute approximate surface area is 145 Å². The molecule has 1 fully saturated rings. The first-order chi connectivity index (χ1) is 11.3. The molecule has 0 aliphatic carbocycles. The fourth-order valence-corrected chi connectivity index (χ4v) is 2.44. The molecular weight excluding hydrogens is 305 g/mol. The topological polar surface area (TPSA) is 60.0 Å².